The summed E-state index contributed by atoms with van der Waals surface area (Å²) in [5, 5.41) is 31.7. The van der Waals surface area contributed by atoms with E-state index in [-0.39, 0.29) is 10.8 Å². The second kappa shape index (κ2) is 11.1. The van der Waals surface area contributed by atoms with Crippen molar-refractivity contribution < 1.29 is 15.3 Å². The maximum absolute atomic E-state index is 11.3. The smallest absolute Gasteiger partial charge is 0.0817 e. The molecule has 39 heavy (non-hydrogen) atoms. The van der Waals surface area contributed by atoms with Gasteiger partial charge < -0.3 is 15.3 Å². The Labute approximate surface area is 236 Å². The quantitative estimate of drug-likeness (QED) is 0.319. The summed E-state index contributed by atoms with van der Waals surface area (Å²) in [6, 6.07) is 8.94. The average Bonchev–Trinajstić information content (AvgIpc) is 3.64. The zero-order chi connectivity index (χ0) is 27.9. The minimum atomic E-state index is -0.636. The van der Waals surface area contributed by atoms with Crippen molar-refractivity contribution >= 4 is 0 Å². The lowest BCUT2D eigenvalue weighted by atomic mass is 9.61. The molecule has 3 N–H and O–H groups in total. The van der Waals surface area contributed by atoms with Crippen LogP contribution in [-0.2, 0) is 5.41 Å². The Hall–Kier alpha value is -1.94. The summed E-state index contributed by atoms with van der Waals surface area (Å²) in [6.07, 6.45) is 16.4. The molecule has 1 aromatic rings. The van der Waals surface area contributed by atoms with E-state index >= 15 is 0 Å². The van der Waals surface area contributed by atoms with Gasteiger partial charge in [0.25, 0.3) is 0 Å². The standard InChI is InChI=1S/C36H50O3/c1-23(2)26-11-13-29(14-12-26)36(19-20-36)34(39)17-8-24(3)31-15-16-32-27(7-6-18-35(31,32)5)9-10-28-21-30(37)22-33(38)25(28)4/h8-14,17,23-24,30-34,37-39H,4,6-7,15-16,18-22H2,1-3,5H3/b17-8+,27-9+,28-10-/t24-,30-,31-,32+,33+,34-,35-/m1/s1. The van der Waals surface area contributed by atoms with Crippen LogP contribution in [0.5, 0.6) is 0 Å². The molecule has 7 atom stereocenters. The van der Waals surface area contributed by atoms with Gasteiger partial charge in [-0.2, -0.15) is 0 Å². The van der Waals surface area contributed by atoms with Crippen LogP contribution in [0, 0.1) is 23.2 Å². The van der Waals surface area contributed by atoms with E-state index in [2.05, 4.69) is 82.8 Å². The Kier molecular flexibility index (Phi) is 8.17. The fraction of sp³-hybridized carbons (Fsp3) is 0.611. The highest BCUT2D eigenvalue weighted by Crippen LogP contribution is 2.60. The Morgan fingerprint density at radius 1 is 0.974 bits per heavy atom. The van der Waals surface area contributed by atoms with Crippen molar-refractivity contribution in [1.29, 1.82) is 0 Å². The van der Waals surface area contributed by atoms with E-state index in [0.29, 0.717) is 36.5 Å². The average molecular weight is 531 g/mol. The van der Waals surface area contributed by atoms with E-state index in [1.807, 2.05) is 0 Å². The second-order valence-corrected chi connectivity index (χ2v) is 13.8. The molecule has 0 heterocycles. The van der Waals surface area contributed by atoms with Crippen molar-refractivity contribution in [2.75, 3.05) is 0 Å². The molecule has 0 radical (unpaired) electrons. The van der Waals surface area contributed by atoms with Gasteiger partial charge in [0.15, 0.2) is 0 Å². The normalized spacial score (nSPS) is 36.1. The Balaban J connectivity index is 1.27. The first-order valence-electron chi connectivity index (χ1n) is 15.5. The Bertz CT molecular complexity index is 1130. The number of rotatable bonds is 7. The lowest BCUT2D eigenvalue weighted by Crippen LogP contribution is -2.35. The fourth-order valence-corrected chi connectivity index (χ4v) is 8.30. The number of aliphatic hydroxyl groups is 3. The largest absolute Gasteiger partial charge is 0.393 e. The van der Waals surface area contributed by atoms with Crippen molar-refractivity contribution in [3.05, 3.63) is 83.0 Å². The molecule has 4 saturated carbocycles. The van der Waals surface area contributed by atoms with Crippen molar-refractivity contribution in [3.63, 3.8) is 0 Å². The van der Waals surface area contributed by atoms with E-state index in [0.717, 1.165) is 30.4 Å². The summed E-state index contributed by atoms with van der Waals surface area (Å²) in [5.41, 5.74) is 6.08. The van der Waals surface area contributed by atoms with Gasteiger partial charge in [0.1, 0.15) is 0 Å². The molecule has 0 aromatic heterocycles. The number of benzene rings is 1. The number of aliphatic hydroxyl groups excluding tert-OH is 3. The molecule has 4 aliphatic rings. The van der Waals surface area contributed by atoms with Gasteiger partial charge in [-0.1, -0.05) is 88.4 Å². The predicted molar refractivity (Wildman–Crippen MR) is 160 cm³/mol. The molecule has 1 aromatic carbocycles. The molecule has 4 aliphatic carbocycles. The zero-order valence-corrected chi connectivity index (χ0v) is 24.6. The minimum Gasteiger partial charge on any atom is -0.393 e. The summed E-state index contributed by atoms with van der Waals surface area (Å²) in [5.74, 6) is 2.14. The first-order valence-corrected chi connectivity index (χ1v) is 15.5. The van der Waals surface area contributed by atoms with Crippen LogP contribution in [0.25, 0.3) is 0 Å². The maximum Gasteiger partial charge on any atom is 0.0817 e. The monoisotopic (exact) mass is 530 g/mol. The van der Waals surface area contributed by atoms with Crippen LogP contribution in [0.4, 0.5) is 0 Å². The van der Waals surface area contributed by atoms with Gasteiger partial charge in [0.05, 0.1) is 18.3 Å². The minimum absolute atomic E-state index is 0.105. The van der Waals surface area contributed by atoms with E-state index in [1.165, 1.54) is 42.4 Å². The van der Waals surface area contributed by atoms with Gasteiger partial charge in [0, 0.05) is 11.8 Å². The Morgan fingerprint density at radius 2 is 1.69 bits per heavy atom. The van der Waals surface area contributed by atoms with Crippen molar-refractivity contribution in [3.8, 4) is 0 Å². The number of hydrogen-bond donors (Lipinski definition) is 3. The van der Waals surface area contributed by atoms with Gasteiger partial charge in [-0.15, -0.1) is 0 Å². The lowest BCUT2D eigenvalue weighted by Gasteiger charge is -2.44. The van der Waals surface area contributed by atoms with Crippen molar-refractivity contribution in [2.45, 2.75) is 115 Å². The molecular formula is C36H50O3. The third-order valence-electron chi connectivity index (χ3n) is 11.0. The maximum atomic E-state index is 11.3. The van der Waals surface area contributed by atoms with Crippen molar-refractivity contribution in [2.24, 2.45) is 23.2 Å². The van der Waals surface area contributed by atoms with E-state index in [4.69, 9.17) is 0 Å². The van der Waals surface area contributed by atoms with Crippen LogP contribution in [0.1, 0.15) is 103 Å². The molecule has 5 rings (SSSR count). The Morgan fingerprint density at radius 3 is 2.36 bits per heavy atom. The molecule has 0 unspecified atom stereocenters. The first kappa shape index (κ1) is 28.6. The molecule has 0 amide bonds. The van der Waals surface area contributed by atoms with Crippen LogP contribution >= 0.6 is 0 Å². The molecule has 4 fully saturated rings. The lowest BCUT2D eigenvalue weighted by molar-refractivity contribution is 0.0862. The van der Waals surface area contributed by atoms with Crippen LogP contribution in [0.3, 0.4) is 0 Å². The molecule has 0 aliphatic heterocycles. The van der Waals surface area contributed by atoms with Crippen LogP contribution in [-0.4, -0.2) is 33.6 Å². The van der Waals surface area contributed by atoms with Gasteiger partial charge in [-0.3, -0.25) is 0 Å². The second-order valence-electron chi connectivity index (χ2n) is 13.8. The third kappa shape index (κ3) is 5.52. The molecule has 212 valence electrons. The summed E-state index contributed by atoms with van der Waals surface area (Å²) in [7, 11) is 0. The summed E-state index contributed by atoms with van der Waals surface area (Å²) in [6.45, 7) is 13.4. The number of allylic oxidation sites excluding steroid dienone is 4. The first-order chi connectivity index (χ1) is 18.5. The molecule has 3 nitrogen and oxygen atoms in total. The van der Waals surface area contributed by atoms with E-state index in [1.54, 1.807) is 0 Å². The van der Waals surface area contributed by atoms with Crippen LogP contribution in [0.2, 0.25) is 0 Å². The predicted octanol–water partition coefficient (Wildman–Crippen LogP) is 7.54. The summed E-state index contributed by atoms with van der Waals surface area (Å²) < 4.78 is 0. The molecule has 0 saturated heterocycles. The SMILES string of the molecule is C=C1/C(=C\C=C2/CCC[C@]3(C)[C@@H]([C@H](C)/C=C/[C@@H](O)C4(c5ccc(C(C)C)cc5)CC4)CC[C@@H]23)C[C@@H](O)C[C@@H]1O. The highest BCUT2D eigenvalue weighted by Gasteiger charge is 2.51. The van der Waals surface area contributed by atoms with Crippen molar-refractivity contribution in [1.82, 2.24) is 0 Å². The van der Waals surface area contributed by atoms with Gasteiger partial charge >= 0.3 is 0 Å². The van der Waals surface area contributed by atoms with Crippen LogP contribution < -0.4 is 0 Å². The van der Waals surface area contributed by atoms with Crippen LogP contribution in [0.15, 0.2) is 71.9 Å². The fourth-order valence-electron chi connectivity index (χ4n) is 8.30. The number of hydrogen-bond acceptors (Lipinski definition) is 3. The third-order valence-corrected chi connectivity index (χ3v) is 11.0. The zero-order valence-electron chi connectivity index (χ0n) is 24.6. The highest BCUT2D eigenvalue weighted by atomic mass is 16.3. The highest BCUT2D eigenvalue weighted by molar-refractivity contribution is 5.39. The topological polar surface area (TPSA) is 60.7 Å². The number of fused-ring (bicyclic) bond motifs is 1. The van der Waals surface area contributed by atoms with E-state index < -0.39 is 18.3 Å². The summed E-state index contributed by atoms with van der Waals surface area (Å²) in [4.78, 5) is 0. The van der Waals surface area contributed by atoms with Gasteiger partial charge in [0.2, 0.25) is 0 Å². The van der Waals surface area contributed by atoms with Gasteiger partial charge in [-0.05, 0) is 103 Å². The van der Waals surface area contributed by atoms with Gasteiger partial charge in [-0.25, -0.2) is 0 Å². The summed E-state index contributed by atoms with van der Waals surface area (Å²) >= 11 is 0. The molecular weight excluding hydrogens is 480 g/mol. The van der Waals surface area contributed by atoms with E-state index in [9.17, 15) is 15.3 Å². The molecule has 0 bridgehead atoms. The molecule has 3 heteroatoms. The molecule has 0 spiro atoms.